The third-order valence-electron chi connectivity index (χ3n) is 6.89. The number of halogens is 1. The van der Waals surface area contributed by atoms with E-state index in [0.29, 0.717) is 25.1 Å². The van der Waals surface area contributed by atoms with E-state index in [-0.39, 0.29) is 31.3 Å². The topological polar surface area (TPSA) is 86.8 Å². The molecule has 0 saturated carbocycles. The van der Waals surface area contributed by atoms with Crippen molar-refractivity contribution in [3.05, 3.63) is 99.5 Å². The molecule has 214 valence electrons. The zero-order chi connectivity index (χ0) is 29.3. The van der Waals surface area contributed by atoms with Gasteiger partial charge in [0.15, 0.2) is 0 Å². The first-order chi connectivity index (χ1) is 19.0. The summed E-state index contributed by atoms with van der Waals surface area (Å²) in [5.41, 5.74) is 4.34. The number of nitrogens with zero attached hydrogens (tertiary/aromatic N) is 2. The van der Waals surface area contributed by atoms with E-state index in [1.54, 1.807) is 11.0 Å². The number of likely N-dealkylation sites (N-methyl/N-ethyl adjacent to an activating group) is 1. The third kappa shape index (κ3) is 8.66. The molecule has 0 aromatic heterocycles. The molecule has 0 aliphatic heterocycles. The Kier molecular flexibility index (Phi) is 11.3. The number of nitrogens with one attached hydrogen (secondary N) is 1. The predicted molar refractivity (Wildman–Crippen MR) is 165 cm³/mol. The van der Waals surface area contributed by atoms with Crippen LogP contribution in [-0.4, -0.2) is 50.5 Å². The molecule has 0 radical (unpaired) electrons. The Morgan fingerprint density at radius 3 is 2.23 bits per heavy atom. The van der Waals surface area contributed by atoms with Gasteiger partial charge in [-0.2, -0.15) is 0 Å². The lowest BCUT2D eigenvalue weighted by Crippen LogP contribution is -2.50. The molecule has 0 aliphatic carbocycles. The van der Waals surface area contributed by atoms with Crippen molar-refractivity contribution in [2.24, 2.45) is 0 Å². The minimum Gasteiger partial charge on any atom is -0.355 e. The van der Waals surface area contributed by atoms with Gasteiger partial charge in [0.2, 0.25) is 21.8 Å². The maximum atomic E-state index is 13.8. The van der Waals surface area contributed by atoms with Gasteiger partial charge >= 0.3 is 0 Å². The van der Waals surface area contributed by atoms with E-state index in [4.69, 9.17) is 0 Å². The maximum absolute atomic E-state index is 13.8. The highest BCUT2D eigenvalue weighted by atomic mass is 79.9. The summed E-state index contributed by atoms with van der Waals surface area (Å²) in [4.78, 5) is 28.7. The Labute approximate surface area is 246 Å². The van der Waals surface area contributed by atoms with Gasteiger partial charge in [0.25, 0.3) is 0 Å². The Balaban J connectivity index is 1.87. The van der Waals surface area contributed by atoms with Crippen LogP contribution in [0, 0.1) is 13.8 Å². The van der Waals surface area contributed by atoms with Crippen molar-refractivity contribution in [1.82, 2.24) is 10.2 Å². The van der Waals surface area contributed by atoms with Crippen LogP contribution in [0.25, 0.3) is 0 Å². The monoisotopic (exact) mass is 627 g/mol. The Hall–Kier alpha value is -3.17. The van der Waals surface area contributed by atoms with Gasteiger partial charge in [-0.3, -0.25) is 13.9 Å². The molecule has 1 atom stereocenters. The van der Waals surface area contributed by atoms with Crippen LogP contribution in [-0.2, 0) is 32.6 Å². The van der Waals surface area contributed by atoms with Crippen molar-refractivity contribution in [3.8, 4) is 0 Å². The number of amides is 2. The summed E-state index contributed by atoms with van der Waals surface area (Å²) in [5.74, 6) is -0.422. The molecule has 0 bridgehead atoms. The van der Waals surface area contributed by atoms with E-state index >= 15 is 0 Å². The summed E-state index contributed by atoms with van der Waals surface area (Å²) in [5, 5.41) is 2.90. The van der Waals surface area contributed by atoms with Crippen molar-refractivity contribution in [2.75, 3.05) is 23.7 Å². The zero-order valence-corrected chi connectivity index (χ0v) is 26.0. The molecule has 3 aromatic carbocycles. The Morgan fingerprint density at radius 1 is 0.925 bits per heavy atom. The normalized spacial score (nSPS) is 12.0. The summed E-state index contributed by atoms with van der Waals surface area (Å²) in [7, 11) is -3.57. The summed E-state index contributed by atoms with van der Waals surface area (Å²) in [6.07, 6.45) is 1.95. The van der Waals surface area contributed by atoms with Crippen molar-refractivity contribution in [3.63, 3.8) is 0 Å². The second kappa shape index (κ2) is 14.5. The largest absolute Gasteiger partial charge is 0.355 e. The lowest BCUT2D eigenvalue weighted by Gasteiger charge is -2.32. The molecule has 1 N–H and O–H groups in total. The minimum atomic E-state index is -3.57. The van der Waals surface area contributed by atoms with Gasteiger partial charge in [0, 0.05) is 36.9 Å². The van der Waals surface area contributed by atoms with Gasteiger partial charge < -0.3 is 10.2 Å². The molecule has 7 nitrogen and oxygen atoms in total. The van der Waals surface area contributed by atoms with Crippen LogP contribution in [0.15, 0.2) is 77.3 Å². The van der Waals surface area contributed by atoms with Crippen LogP contribution < -0.4 is 9.62 Å². The quantitative estimate of drug-likeness (QED) is 0.275. The fourth-order valence-corrected chi connectivity index (χ4v) is 5.90. The molecular weight excluding hydrogens is 590 g/mol. The van der Waals surface area contributed by atoms with Crippen LogP contribution in [0.1, 0.15) is 42.0 Å². The van der Waals surface area contributed by atoms with Crippen molar-refractivity contribution in [2.45, 2.75) is 52.6 Å². The fraction of sp³-hybridized carbons (Fsp3) is 0.355. The van der Waals surface area contributed by atoms with Gasteiger partial charge in [-0.1, -0.05) is 70.5 Å². The number of carbonyl (C=O) groups is 2. The molecule has 0 fully saturated rings. The number of aryl methyl sites for hydroxylation is 1. The summed E-state index contributed by atoms with van der Waals surface area (Å²) < 4.78 is 27.7. The second-order valence-electron chi connectivity index (χ2n) is 9.91. The van der Waals surface area contributed by atoms with Crippen molar-refractivity contribution in [1.29, 1.82) is 0 Å². The molecule has 9 heteroatoms. The number of sulfonamides is 1. The molecule has 0 aliphatic rings. The molecule has 0 spiro atoms. The highest BCUT2D eigenvalue weighted by molar-refractivity contribution is 9.10. The highest BCUT2D eigenvalue weighted by Gasteiger charge is 2.30. The van der Waals surface area contributed by atoms with Gasteiger partial charge in [0.05, 0.1) is 11.9 Å². The molecule has 3 aromatic rings. The number of benzene rings is 3. The molecule has 40 heavy (non-hydrogen) atoms. The molecule has 2 amide bonds. The van der Waals surface area contributed by atoms with E-state index in [2.05, 4.69) is 21.2 Å². The van der Waals surface area contributed by atoms with Crippen LogP contribution in [0.5, 0.6) is 0 Å². The second-order valence-corrected chi connectivity index (χ2v) is 12.7. The summed E-state index contributed by atoms with van der Waals surface area (Å²) >= 11 is 3.45. The van der Waals surface area contributed by atoms with Gasteiger partial charge in [-0.15, -0.1) is 0 Å². The average molecular weight is 629 g/mol. The van der Waals surface area contributed by atoms with Crippen LogP contribution >= 0.6 is 15.9 Å². The molecule has 3 rings (SSSR count). The van der Waals surface area contributed by atoms with E-state index in [1.165, 1.54) is 10.6 Å². The van der Waals surface area contributed by atoms with E-state index in [0.717, 1.165) is 26.7 Å². The fourth-order valence-electron chi connectivity index (χ4n) is 4.62. The molecule has 0 heterocycles. The maximum Gasteiger partial charge on any atom is 0.243 e. The third-order valence-corrected chi connectivity index (χ3v) is 8.59. The highest BCUT2D eigenvalue weighted by Crippen LogP contribution is 2.26. The van der Waals surface area contributed by atoms with Gasteiger partial charge in [0.1, 0.15) is 6.04 Å². The number of hydrogen-bond acceptors (Lipinski definition) is 4. The SMILES string of the molecule is CCNC(=O)[C@H](Cc1ccccc1)N(Cc1ccc(Br)cc1)C(=O)CCCN(c1cccc(C)c1C)S(C)(=O)=O. The lowest BCUT2D eigenvalue weighted by atomic mass is 10.0. The van der Waals surface area contributed by atoms with Gasteiger partial charge in [-0.25, -0.2) is 8.42 Å². The first-order valence-corrected chi connectivity index (χ1v) is 16.0. The summed E-state index contributed by atoms with van der Waals surface area (Å²) in [6, 6.07) is 22.1. The van der Waals surface area contributed by atoms with Crippen molar-refractivity contribution < 1.29 is 18.0 Å². The average Bonchev–Trinajstić information content (AvgIpc) is 2.91. The van der Waals surface area contributed by atoms with E-state index in [9.17, 15) is 18.0 Å². The zero-order valence-electron chi connectivity index (χ0n) is 23.6. The number of rotatable bonds is 13. The molecule has 0 unspecified atom stereocenters. The van der Waals surface area contributed by atoms with Crippen LogP contribution in [0.3, 0.4) is 0 Å². The first kappa shape index (κ1) is 31.4. The lowest BCUT2D eigenvalue weighted by molar-refractivity contribution is -0.141. The molecular formula is C31H38BrN3O4S. The summed E-state index contributed by atoms with van der Waals surface area (Å²) in [6.45, 7) is 6.56. The molecule has 0 saturated heterocycles. The standard InChI is InChI=1S/C31H38BrN3O4S/c1-5-33-31(37)29(21-25-12-7-6-8-13-25)34(22-26-16-18-27(32)19-17-26)30(36)15-10-20-35(40(4,38)39)28-14-9-11-23(2)24(28)3/h6-9,11-14,16-19,29H,5,10,15,20-22H2,1-4H3,(H,33,37)/t29-/m0/s1. The van der Waals surface area contributed by atoms with Crippen molar-refractivity contribution >= 4 is 43.5 Å². The number of carbonyl (C=O) groups excluding carboxylic acids is 2. The smallest absolute Gasteiger partial charge is 0.243 e. The first-order valence-electron chi connectivity index (χ1n) is 13.4. The van der Waals surface area contributed by atoms with Crippen LogP contribution in [0.2, 0.25) is 0 Å². The number of hydrogen-bond donors (Lipinski definition) is 1. The van der Waals surface area contributed by atoms with Gasteiger partial charge in [-0.05, 0) is 67.6 Å². The Morgan fingerprint density at radius 2 is 1.60 bits per heavy atom. The predicted octanol–water partition coefficient (Wildman–Crippen LogP) is 5.39. The minimum absolute atomic E-state index is 0.0953. The van der Waals surface area contributed by atoms with E-state index in [1.807, 2.05) is 87.5 Å². The van der Waals surface area contributed by atoms with E-state index < -0.39 is 16.1 Å². The number of anilines is 1. The Bertz CT molecular complexity index is 1400. The van der Waals surface area contributed by atoms with Crippen LogP contribution in [0.4, 0.5) is 5.69 Å².